The second-order valence-corrected chi connectivity index (χ2v) is 6.24. The number of aliphatic hydroxyl groups is 1. The van der Waals surface area contributed by atoms with Crippen molar-refractivity contribution in [3.63, 3.8) is 0 Å². The first kappa shape index (κ1) is 16.4. The second kappa shape index (κ2) is 6.42. The highest BCUT2D eigenvalue weighted by Gasteiger charge is 2.44. The lowest BCUT2D eigenvalue weighted by Gasteiger charge is -2.37. The number of hydrogen-bond donors (Lipinski definition) is 2. The molecule has 1 saturated carbocycles. The molecule has 0 aromatic heterocycles. The van der Waals surface area contributed by atoms with Crippen LogP contribution in [-0.2, 0) is 0 Å². The summed E-state index contributed by atoms with van der Waals surface area (Å²) >= 11 is 0. The van der Waals surface area contributed by atoms with Crippen LogP contribution in [0.1, 0.15) is 39.0 Å². The molecule has 2 N–H and O–H groups in total. The van der Waals surface area contributed by atoms with Gasteiger partial charge in [0.05, 0.1) is 0 Å². The van der Waals surface area contributed by atoms with Gasteiger partial charge in [-0.05, 0) is 44.4 Å². The zero-order chi connectivity index (χ0) is 15.6. The van der Waals surface area contributed by atoms with Gasteiger partial charge in [-0.25, -0.2) is 4.79 Å². The van der Waals surface area contributed by atoms with Crippen LogP contribution in [0.15, 0.2) is 0 Å². The number of rotatable bonds is 3. The molecule has 2 amide bonds. The van der Waals surface area contributed by atoms with Crippen LogP contribution in [-0.4, -0.2) is 47.4 Å². The third kappa shape index (κ3) is 4.02. The molecular weight excluding hydrogens is 285 g/mol. The molecule has 0 radical (unpaired) electrons. The number of carbonyl (C=O) groups excluding carboxylic acids is 1. The monoisotopic (exact) mass is 308 g/mol. The molecule has 0 bridgehead atoms. The van der Waals surface area contributed by atoms with E-state index in [0.717, 1.165) is 12.8 Å². The van der Waals surface area contributed by atoms with Gasteiger partial charge >= 0.3 is 12.2 Å². The summed E-state index contributed by atoms with van der Waals surface area (Å²) in [5, 5.41) is 12.2. The zero-order valence-electron chi connectivity index (χ0n) is 12.2. The van der Waals surface area contributed by atoms with Crippen LogP contribution in [0.5, 0.6) is 0 Å². The van der Waals surface area contributed by atoms with Gasteiger partial charge in [0.15, 0.2) is 6.10 Å². The maximum absolute atomic E-state index is 12.5. The predicted molar refractivity (Wildman–Crippen MR) is 71.7 cm³/mol. The Morgan fingerprint density at radius 2 is 1.76 bits per heavy atom. The molecule has 21 heavy (non-hydrogen) atoms. The summed E-state index contributed by atoms with van der Waals surface area (Å²) < 4.78 is 37.4. The third-order valence-electron chi connectivity index (χ3n) is 4.82. The largest absolute Gasteiger partial charge is 0.414 e. The lowest BCUT2D eigenvalue weighted by Crippen LogP contribution is -2.51. The average Bonchev–Trinajstić information content (AvgIpc) is 2.34. The molecule has 2 unspecified atom stereocenters. The summed E-state index contributed by atoms with van der Waals surface area (Å²) in [7, 11) is 0. The summed E-state index contributed by atoms with van der Waals surface area (Å²) in [4.78, 5) is 13.6. The molecule has 0 aromatic carbocycles. The fourth-order valence-corrected chi connectivity index (χ4v) is 3.03. The molecule has 0 spiro atoms. The molecule has 2 aliphatic rings. The Kier molecular flexibility index (Phi) is 5.01. The first-order chi connectivity index (χ1) is 9.79. The zero-order valence-corrected chi connectivity index (χ0v) is 12.2. The first-order valence-corrected chi connectivity index (χ1v) is 7.59. The molecule has 4 nitrogen and oxygen atoms in total. The van der Waals surface area contributed by atoms with Crippen LogP contribution in [0, 0.1) is 11.8 Å². The second-order valence-electron chi connectivity index (χ2n) is 6.24. The molecule has 1 saturated heterocycles. The van der Waals surface area contributed by atoms with Gasteiger partial charge in [0.25, 0.3) is 0 Å². The Morgan fingerprint density at radius 3 is 2.19 bits per heavy atom. The number of nitrogens with zero attached hydrogens (tertiary/aromatic N) is 1. The van der Waals surface area contributed by atoms with Gasteiger partial charge < -0.3 is 15.3 Å². The number of amides is 2. The average molecular weight is 308 g/mol. The van der Waals surface area contributed by atoms with Crippen molar-refractivity contribution in [1.29, 1.82) is 0 Å². The summed E-state index contributed by atoms with van der Waals surface area (Å²) in [6, 6.07) is -0.0842. The molecule has 2 fully saturated rings. The molecular formula is C14H23F3N2O2. The van der Waals surface area contributed by atoms with Crippen LogP contribution in [0.2, 0.25) is 0 Å². The van der Waals surface area contributed by atoms with Gasteiger partial charge in [-0.15, -0.1) is 0 Å². The minimum atomic E-state index is -4.58. The van der Waals surface area contributed by atoms with Crippen molar-refractivity contribution in [2.24, 2.45) is 11.8 Å². The quantitative estimate of drug-likeness (QED) is 0.842. The number of piperidine rings is 1. The summed E-state index contributed by atoms with van der Waals surface area (Å²) in [6.45, 7) is 2.50. The van der Waals surface area contributed by atoms with Crippen molar-refractivity contribution in [2.75, 3.05) is 13.1 Å². The van der Waals surface area contributed by atoms with E-state index in [1.807, 2.05) is 6.92 Å². The highest BCUT2D eigenvalue weighted by atomic mass is 19.4. The molecule has 7 heteroatoms. The number of aliphatic hydroxyl groups excluding tert-OH is 1. The van der Waals surface area contributed by atoms with Crippen molar-refractivity contribution in [1.82, 2.24) is 10.2 Å². The number of halogens is 3. The minimum Gasteiger partial charge on any atom is -0.383 e. The smallest absolute Gasteiger partial charge is 0.383 e. The van der Waals surface area contributed by atoms with E-state index in [4.69, 9.17) is 0 Å². The van der Waals surface area contributed by atoms with Gasteiger partial charge in [0, 0.05) is 19.1 Å². The highest BCUT2D eigenvalue weighted by molar-refractivity contribution is 5.74. The Morgan fingerprint density at radius 1 is 1.19 bits per heavy atom. The van der Waals surface area contributed by atoms with Gasteiger partial charge in [-0.2, -0.15) is 13.2 Å². The van der Waals surface area contributed by atoms with E-state index in [1.54, 1.807) is 4.90 Å². The maximum Gasteiger partial charge on any atom is 0.414 e. The van der Waals surface area contributed by atoms with Gasteiger partial charge in [-0.1, -0.05) is 6.42 Å². The summed E-state index contributed by atoms with van der Waals surface area (Å²) in [5.41, 5.74) is 0. The Hall–Kier alpha value is -0.980. The molecule has 1 aliphatic carbocycles. The van der Waals surface area contributed by atoms with Crippen molar-refractivity contribution < 1.29 is 23.1 Å². The van der Waals surface area contributed by atoms with Crippen LogP contribution >= 0.6 is 0 Å². The normalized spacial score (nSPS) is 24.3. The molecule has 1 aliphatic heterocycles. The number of carbonyl (C=O) groups is 1. The Bertz CT molecular complexity index is 364. The summed E-state index contributed by atoms with van der Waals surface area (Å²) in [6.07, 6.45) is -3.03. The molecule has 2 atom stereocenters. The Balaban J connectivity index is 1.76. The standard InChI is InChI=1S/C14H23F3N2O2/c1-9(10-3-2-4-10)18-13(21)19-7-5-11(6-8-19)12(20)14(15,16)17/h9-12,20H,2-8H2,1H3,(H,18,21). The maximum atomic E-state index is 12.5. The van der Waals surface area contributed by atoms with E-state index in [0.29, 0.717) is 5.92 Å². The van der Waals surface area contributed by atoms with E-state index >= 15 is 0 Å². The van der Waals surface area contributed by atoms with Crippen LogP contribution in [0.25, 0.3) is 0 Å². The minimum absolute atomic E-state index is 0.115. The summed E-state index contributed by atoms with van der Waals surface area (Å²) in [5.74, 6) is -0.281. The molecule has 122 valence electrons. The lowest BCUT2D eigenvalue weighted by atomic mass is 9.80. The molecule has 2 rings (SSSR count). The van der Waals surface area contributed by atoms with E-state index in [-0.39, 0.29) is 38.0 Å². The number of likely N-dealkylation sites (tertiary alicyclic amines) is 1. The van der Waals surface area contributed by atoms with Crippen LogP contribution in [0.4, 0.5) is 18.0 Å². The van der Waals surface area contributed by atoms with E-state index < -0.39 is 18.2 Å². The van der Waals surface area contributed by atoms with Gasteiger partial charge in [0.1, 0.15) is 0 Å². The fourth-order valence-electron chi connectivity index (χ4n) is 3.03. The predicted octanol–water partition coefficient (Wildman–Crippen LogP) is 2.52. The fraction of sp³-hybridized carbons (Fsp3) is 0.929. The highest BCUT2D eigenvalue weighted by Crippen LogP contribution is 2.32. The van der Waals surface area contributed by atoms with Crippen molar-refractivity contribution in [2.45, 2.75) is 57.3 Å². The lowest BCUT2D eigenvalue weighted by molar-refractivity contribution is -0.222. The van der Waals surface area contributed by atoms with E-state index in [1.165, 1.54) is 6.42 Å². The van der Waals surface area contributed by atoms with Gasteiger partial charge in [0.2, 0.25) is 0 Å². The molecule has 0 aromatic rings. The number of urea groups is 1. The number of alkyl halides is 3. The Labute approximate surface area is 122 Å². The van der Waals surface area contributed by atoms with E-state index in [2.05, 4.69) is 5.32 Å². The van der Waals surface area contributed by atoms with Gasteiger partial charge in [-0.3, -0.25) is 0 Å². The van der Waals surface area contributed by atoms with Crippen molar-refractivity contribution >= 4 is 6.03 Å². The van der Waals surface area contributed by atoms with E-state index in [9.17, 15) is 23.1 Å². The molecule has 1 heterocycles. The topological polar surface area (TPSA) is 52.6 Å². The third-order valence-corrected chi connectivity index (χ3v) is 4.82. The number of nitrogens with one attached hydrogen (secondary N) is 1. The van der Waals surface area contributed by atoms with Crippen molar-refractivity contribution in [3.05, 3.63) is 0 Å². The van der Waals surface area contributed by atoms with Crippen LogP contribution in [0.3, 0.4) is 0 Å². The first-order valence-electron chi connectivity index (χ1n) is 7.59. The van der Waals surface area contributed by atoms with Crippen molar-refractivity contribution in [3.8, 4) is 0 Å². The SMILES string of the molecule is CC(NC(=O)N1CCC(C(O)C(F)(F)F)CC1)C1CCC1. The number of hydrogen-bond acceptors (Lipinski definition) is 2. The van der Waals surface area contributed by atoms with Crippen LogP contribution < -0.4 is 5.32 Å².